The van der Waals surface area contributed by atoms with Crippen LogP contribution >= 0.6 is 23.5 Å². The molecule has 0 amide bonds. The summed E-state index contributed by atoms with van der Waals surface area (Å²) in [5.41, 5.74) is 2.64. The predicted molar refractivity (Wildman–Crippen MR) is 94.0 cm³/mol. The van der Waals surface area contributed by atoms with Gasteiger partial charge in [0.1, 0.15) is 0 Å². The zero-order valence-electron chi connectivity index (χ0n) is 12.1. The molecule has 110 valence electrons. The normalized spacial score (nSPS) is 10.5. The molecule has 0 unspecified atom stereocenters. The second kappa shape index (κ2) is 8.01. The van der Waals surface area contributed by atoms with E-state index in [1.807, 2.05) is 48.8 Å². The lowest BCUT2D eigenvalue weighted by Crippen LogP contribution is -1.86. The van der Waals surface area contributed by atoms with Gasteiger partial charge in [-0.15, -0.1) is 23.5 Å². The number of hydrogen-bond donors (Lipinski definition) is 0. The Balaban J connectivity index is 1.52. The molecule has 4 heteroatoms. The summed E-state index contributed by atoms with van der Waals surface area (Å²) in [5, 5.41) is 2.13. The van der Waals surface area contributed by atoms with Crippen molar-refractivity contribution in [3.05, 3.63) is 84.2 Å². The first-order valence-corrected chi connectivity index (χ1v) is 9.03. The van der Waals surface area contributed by atoms with Crippen molar-refractivity contribution in [2.24, 2.45) is 0 Å². The Morgan fingerprint density at radius 3 is 1.41 bits per heavy atom. The standard InChI is InChI=1S/C18H16N2S2/c1-3-11-19-17(5-1)21-13-15-7-9-16(10-8-15)14-22-18-6-2-4-12-20-18/h1-12H,13-14H2. The van der Waals surface area contributed by atoms with Gasteiger partial charge in [0, 0.05) is 23.9 Å². The zero-order chi connectivity index (χ0) is 15.0. The second-order valence-electron chi connectivity index (χ2n) is 4.73. The van der Waals surface area contributed by atoms with Gasteiger partial charge in [-0.1, -0.05) is 36.4 Å². The van der Waals surface area contributed by atoms with Crippen molar-refractivity contribution < 1.29 is 0 Å². The summed E-state index contributed by atoms with van der Waals surface area (Å²) >= 11 is 3.53. The molecule has 0 fully saturated rings. The summed E-state index contributed by atoms with van der Waals surface area (Å²) in [7, 11) is 0. The quantitative estimate of drug-likeness (QED) is 0.592. The van der Waals surface area contributed by atoms with Crippen LogP contribution in [0.25, 0.3) is 0 Å². The Morgan fingerprint density at radius 2 is 1.05 bits per heavy atom. The third-order valence-corrected chi connectivity index (χ3v) is 5.10. The molecule has 2 nitrogen and oxygen atoms in total. The molecule has 0 aliphatic carbocycles. The third kappa shape index (κ3) is 4.61. The van der Waals surface area contributed by atoms with Crippen molar-refractivity contribution in [1.29, 1.82) is 0 Å². The molecule has 0 spiro atoms. The Kier molecular flexibility index (Phi) is 5.51. The number of benzene rings is 1. The molecule has 0 aliphatic heterocycles. The first-order chi connectivity index (χ1) is 10.9. The van der Waals surface area contributed by atoms with Crippen LogP contribution in [0.5, 0.6) is 0 Å². The van der Waals surface area contributed by atoms with Crippen LogP contribution in [0.4, 0.5) is 0 Å². The summed E-state index contributed by atoms with van der Waals surface area (Å²) in [6, 6.07) is 20.8. The maximum Gasteiger partial charge on any atom is 0.0963 e. The molecule has 0 radical (unpaired) electrons. The largest absolute Gasteiger partial charge is 0.250 e. The number of hydrogen-bond acceptors (Lipinski definition) is 4. The van der Waals surface area contributed by atoms with Crippen molar-refractivity contribution in [2.45, 2.75) is 21.6 Å². The first-order valence-electron chi connectivity index (χ1n) is 7.06. The fraction of sp³-hybridized carbons (Fsp3) is 0.111. The average Bonchev–Trinajstić information content (AvgIpc) is 2.61. The van der Waals surface area contributed by atoms with Crippen molar-refractivity contribution in [2.75, 3.05) is 0 Å². The number of rotatable bonds is 6. The molecule has 0 aliphatic rings. The monoisotopic (exact) mass is 324 g/mol. The molecular formula is C18H16N2S2. The van der Waals surface area contributed by atoms with Crippen LogP contribution in [-0.2, 0) is 11.5 Å². The van der Waals surface area contributed by atoms with Gasteiger partial charge in [-0.2, -0.15) is 0 Å². The van der Waals surface area contributed by atoms with Gasteiger partial charge in [0.25, 0.3) is 0 Å². The van der Waals surface area contributed by atoms with E-state index in [9.17, 15) is 0 Å². The van der Waals surface area contributed by atoms with E-state index < -0.39 is 0 Å². The Bertz CT molecular complexity index is 623. The van der Waals surface area contributed by atoms with Gasteiger partial charge in [0.2, 0.25) is 0 Å². The number of pyridine rings is 2. The van der Waals surface area contributed by atoms with E-state index in [1.54, 1.807) is 23.5 Å². The molecule has 3 rings (SSSR count). The lowest BCUT2D eigenvalue weighted by molar-refractivity contribution is 1.13. The maximum atomic E-state index is 4.33. The zero-order valence-corrected chi connectivity index (χ0v) is 13.7. The van der Waals surface area contributed by atoms with E-state index in [2.05, 4.69) is 34.2 Å². The molecule has 2 heterocycles. The molecule has 0 atom stereocenters. The molecule has 0 bridgehead atoms. The van der Waals surface area contributed by atoms with Crippen LogP contribution in [-0.4, -0.2) is 9.97 Å². The summed E-state index contributed by atoms with van der Waals surface area (Å²) < 4.78 is 0. The minimum Gasteiger partial charge on any atom is -0.250 e. The van der Waals surface area contributed by atoms with Gasteiger partial charge in [-0.25, -0.2) is 9.97 Å². The Morgan fingerprint density at radius 1 is 0.591 bits per heavy atom. The Hall–Kier alpha value is -1.78. The fourth-order valence-corrected chi connectivity index (χ4v) is 3.55. The van der Waals surface area contributed by atoms with Gasteiger partial charge >= 0.3 is 0 Å². The topological polar surface area (TPSA) is 25.8 Å². The van der Waals surface area contributed by atoms with Gasteiger partial charge in [-0.3, -0.25) is 0 Å². The van der Waals surface area contributed by atoms with E-state index >= 15 is 0 Å². The maximum absolute atomic E-state index is 4.33. The molecule has 1 aromatic carbocycles. The van der Waals surface area contributed by atoms with Crippen molar-refractivity contribution in [3.63, 3.8) is 0 Å². The van der Waals surface area contributed by atoms with Gasteiger partial charge in [-0.05, 0) is 35.4 Å². The summed E-state index contributed by atoms with van der Waals surface area (Å²) in [6.07, 6.45) is 3.67. The van der Waals surface area contributed by atoms with Crippen LogP contribution in [0.3, 0.4) is 0 Å². The molecular weight excluding hydrogens is 308 g/mol. The van der Waals surface area contributed by atoms with E-state index in [0.29, 0.717) is 0 Å². The molecule has 3 aromatic rings. The lowest BCUT2D eigenvalue weighted by atomic mass is 10.2. The van der Waals surface area contributed by atoms with Crippen molar-refractivity contribution in [1.82, 2.24) is 9.97 Å². The average molecular weight is 324 g/mol. The predicted octanol–water partition coefficient (Wildman–Crippen LogP) is 5.06. The highest BCUT2D eigenvalue weighted by molar-refractivity contribution is 7.98. The SMILES string of the molecule is c1ccc(SCc2ccc(CSc3ccccn3)cc2)nc1. The van der Waals surface area contributed by atoms with Gasteiger partial charge in [0.15, 0.2) is 0 Å². The van der Waals surface area contributed by atoms with E-state index in [0.717, 1.165) is 21.6 Å². The highest BCUT2D eigenvalue weighted by atomic mass is 32.2. The van der Waals surface area contributed by atoms with E-state index in [-0.39, 0.29) is 0 Å². The van der Waals surface area contributed by atoms with E-state index in [4.69, 9.17) is 0 Å². The highest BCUT2D eigenvalue weighted by Gasteiger charge is 2.00. The smallest absolute Gasteiger partial charge is 0.0963 e. The van der Waals surface area contributed by atoms with Crippen molar-refractivity contribution >= 4 is 23.5 Å². The van der Waals surface area contributed by atoms with Crippen LogP contribution in [0.1, 0.15) is 11.1 Å². The molecule has 22 heavy (non-hydrogen) atoms. The van der Waals surface area contributed by atoms with Gasteiger partial charge in [0.05, 0.1) is 10.1 Å². The van der Waals surface area contributed by atoms with Crippen LogP contribution in [0.15, 0.2) is 83.1 Å². The highest BCUT2D eigenvalue weighted by Crippen LogP contribution is 2.23. The molecule has 2 aromatic heterocycles. The summed E-state index contributed by atoms with van der Waals surface area (Å²) in [5.74, 6) is 1.90. The molecule has 0 saturated heterocycles. The number of thioether (sulfide) groups is 2. The van der Waals surface area contributed by atoms with Crippen LogP contribution in [0.2, 0.25) is 0 Å². The van der Waals surface area contributed by atoms with Gasteiger partial charge < -0.3 is 0 Å². The second-order valence-corrected chi connectivity index (χ2v) is 6.72. The first kappa shape index (κ1) is 15.1. The third-order valence-electron chi connectivity index (χ3n) is 3.07. The van der Waals surface area contributed by atoms with Crippen molar-refractivity contribution in [3.8, 4) is 0 Å². The van der Waals surface area contributed by atoms with Crippen LogP contribution in [0, 0.1) is 0 Å². The molecule has 0 saturated carbocycles. The summed E-state index contributed by atoms with van der Waals surface area (Å²) in [6.45, 7) is 0. The fourth-order valence-electron chi connectivity index (χ4n) is 1.91. The number of nitrogens with zero attached hydrogens (tertiary/aromatic N) is 2. The molecule has 0 N–H and O–H groups in total. The minimum atomic E-state index is 0.949. The Labute approximate surface area is 139 Å². The summed E-state index contributed by atoms with van der Waals surface area (Å²) in [4.78, 5) is 8.65. The van der Waals surface area contributed by atoms with E-state index in [1.165, 1.54) is 11.1 Å². The van der Waals surface area contributed by atoms with Crippen LogP contribution < -0.4 is 0 Å². The number of aromatic nitrogens is 2. The minimum absolute atomic E-state index is 0.949. The lowest BCUT2D eigenvalue weighted by Gasteiger charge is -2.04.